The smallest absolute Gasteiger partial charge is 0.300 e. The predicted octanol–water partition coefficient (Wildman–Crippen LogP) is 5.73. The van der Waals surface area contributed by atoms with Crippen LogP contribution in [-0.2, 0) is 9.59 Å². The van der Waals surface area contributed by atoms with Gasteiger partial charge in [0.2, 0.25) is 0 Å². The molecule has 180 valence electrons. The monoisotopic (exact) mass is 471 g/mol. The van der Waals surface area contributed by atoms with Gasteiger partial charge in [-0.25, -0.2) is 0 Å². The summed E-state index contributed by atoms with van der Waals surface area (Å²) in [7, 11) is 1.57. The van der Waals surface area contributed by atoms with E-state index in [0.29, 0.717) is 28.3 Å². The number of rotatable bonds is 6. The maximum Gasteiger partial charge on any atom is 0.300 e. The highest BCUT2D eigenvalue weighted by Gasteiger charge is 2.47. The van der Waals surface area contributed by atoms with E-state index in [2.05, 4.69) is 0 Å². The minimum absolute atomic E-state index is 0.00686. The Morgan fingerprint density at radius 1 is 0.914 bits per heavy atom. The number of benzene rings is 3. The van der Waals surface area contributed by atoms with Crippen LogP contribution in [0.1, 0.15) is 42.1 Å². The number of anilines is 1. The predicted molar refractivity (Wildman–Crippen MR) is 136 cm³/mol. The zero-order valence-electron chi connectivity index (χ0n) is 20.5. The molecule has 1 saturated heterocycles. The van der Waals surface area contributed by atoms with Gasteiger partial charge in [-0.3, -0.25) is 14.5 Å². The number of hydrogen-bond donors (Lipinski definition) is 1. The summed E-state index contributed by atoms with van der Waals surface area (Å²) in [4.78, 5) is 28.2. The van der Waals surface area contributed by atoms with E-state index in [-0.39, 0.29) is 17.4 Å². The molecule has 1 unspecified atom stereocenters. The van der Waals surface area contributed by atoms with Gasteiger partial charge in [-0.1, -0.05) is 24.3 Å². The van der Waals surface area contributed by atoms with E-state index in [1.54, 1.807) is 55.6 Å². The summed E-state index contributed by atoms with van der Waals surface area (Å²) in [6, 6.07) is 18.8. The van der Waals surface area contributed by atoms with Gasteiger partial charge in [0.15, 0.2) is 0 Å². The molecule has 35 heavy (non-hydrogen) atoms. The molecule has 0 saturated carbocycles. The molecule has 6 nitrogen and oxygen atoms in total. The molecular formula is C29H29NO5. The molecule has 0 spiro atoms. The standard InChI is InChI=1S/C29H29NO5/c1-17(2)35-23-15-11-21(12-16-23)27(31)25-26(20-9-13-22(34-5)14-10-20)30(29(33)28(25)32)24-8-6-7-18(3)19(24)4/h6-17,26,31H,1-5H3/b27-25+. The molecular weight excluding hydrogens is 442 g/mol. The third kappa shape index (κ3) is 4.52. The lowest BCUT2D eigenvalue weighted by Crippen LogP contribution is -2.30. The lowest BCUT2D eigenvalue weighted by molar-refractivity contribution is -0.132. The summed E-state index contributed by atoms with van der Waals surface area (Å²) in [6.45, 7) is 7.73. The number of aliphatic hydroxyl groups is 1. The molecule has 1 heterocycles. The Morgan fingerprint density at radius 3 is 2.14 bits per heavy atom. The summed E-state index contributed by atoms with van der Waals surface area (Å²) in [5.74, 6) is -0.335. The highest BCUT2D eigenvalue weighted by molar-refractivity contribution is 6.51. The van der Waals surface area contributed by atoms with Crippen molar-refractivity contribution in [3.05, 3.63) is 94.6 Å². The fraction of sp³-hybridized carbons (Fsp3) is 0.241. The highest BCUT2D eigenvalue weighted by Crippen LogP contribution is 2.43. The highest BCUT2D eigenvalue weighted by atomic mass is 16.5. The van der Waals surface area contributed by atoms with Crippen LogP contribution < -0.4 is 14.4 Å². The zero-order valence-corrected chi connectivity index (χ0v) is 20.5. The fourth-order valence-corrected chi connectivity index (χ4v) is 4.30. The van der Waals surface area contributed by atoms with Gasteiger partial charge in [0.05, 0.1) is 24.8 Å². The first-order valence-corrected chi connectivity index (χ1v) is 11.5. The summed E-state index contributed by atoms with van der Waals surface area (Å²) in [6.07, 6.45) is 0.00686. The van der Waals surface area contributed by atoms with E-state index in [4.69, 9.17) is 9.47 Å². The quantitative estimate of drug-likeness (QED) is 0.282. The lowest BCUT2D eigenvalue weighted by atomic mass is 9.94. The maximum absolute atomic E-state index is 13.4. The minimum atomic E-state index is -0.798. The Morgan fingerprint density at radius 2 is 1.54 bits per heavy atom. The lowest BCUT2D eigenvalue weighted by Gasteiger charge is -2.27. The van der Waals surface area contributed by atoms with Gasteiger partial charge in [-0.15, -0.1) is 0 Å². The minimum Gasteiger partial charge on any atom is -0.507 e. The topological polar surface area (TPSA) is 76.1 Å². The fourth-order valence-electron chi connectivity index (χ4n) is 4.30. The second-order valence-corrected chi connectivity index (χ2v) is 8.85. The normalized spacial score (nSPS) is 17.2. The second kappa shape index (κ2) is 9.66. The van der Waals surface area contributed by atoms with Crippen molar-refractivity contribution in [1.29, 1.82) is 0 Å². The van der Waals surface area contributed by atoms with Crippen molar-refractivity contribution < 1.29 is 24.2 Å². The van der Waals surface area contributed by atoms with Crippen LogP contribution in [0.5, 0.6) is 11.5 Å². The van der Waals surface area contributed by atoms with E-state index < -0.39 is 17.7 Å². The molecule has 3 aromatic rings. The summed E-state index contributed by atoms with van der Waals surface area (Å²) in [5, 5.41) is 11.3. The van der Waals surface area contributed by atoms with Gasteiger partial charge in [0.25, 0.3) is 11.7 Å². The first-order valence-electron chi connectivity index (χ1n) is 11.5. The maximum atomic E-state index is 13.4. The molecule has 3 aromatic carbocycles. The molecule has 1 aliphatic rings. The van der Waals surface area contributed by atoms with Crippen LogP contribution >= 0.6 is 0 Å². The number of methoxy groups -OCH3 is 1. The van der Waals surface area contributed by atoms with Gasteiger partial charge < -0.3 is 14.6 Å². The molecule has 0 aromatic heterocycles. The summed E-state index contributed by atoms with van der Waals surface area (Å²) in [5.41, 5.74) is 3.68. The van der Waals surface area contributed by atoms with E-state index in [9.17, 15) is 14.7 Å². The summed E-state index contributed by atoms with van der Waals surface area (Å²) >= 11 is 0. The number of carbonyl (C=O) groups excluding carboxylic acids is 2. The van der Waals surface area contributed by atoms with E-state index in [1.165, 1.54) is 4.90 Å². The zero-order chi connectivity index (χ0) is 25.3. The largest absolute Gasteiger partial charge is 0.507 e. The van der Waals surface area contributed by atoms with Crippen LogP contribution in [0.3, 0.4) is 0 Å². The molecule has 1 amide bonds. The average molecular weight is 472 g/mol. The van der Waals surface area contributed by atoms with Crippen LogP contribution in [0.4, 0.5) is 5.69 Å². The Kier molecular flexibility index (Phi) is 6.65. The molecule has 6 heteroatoms. The van der Waals surface area contributed by atoms with Crippen molar-refractivity contribution in [2.45, 2.75) is 39.8 Å². The number of Topliss-reactive ketones (excluding diaryl/α,β-unsaturated/α-hetero) is 1. The van der Waals surface area contributed by atoms with Crippen molar-refractivity contribution in [1.82, 2.24) is 0 Å². The summed E-state index contributed by atoms with van der Waals surface area (Å²) < 4.78 is 11.0. The first kappa shape index (κ1) is 24.1. The average Bonchev–Trinajstić information content (AvgIpc) is 3.11. The third-order valence-corrected chi connectivity index (χ3v) is 6.21. The van der Waals surface area contributed by atoms with Crippen molar-refractivity contribution in [2.24, 2.45) is 0 Å². The number of ketones is 1. The van der Waals surface area contributed by atoms with Gasteiger partial charge >= 0.3 is 0 Å². The number of amides is 1. The molecule has 4 rings (SSSR count). The van der Waals surface area contributed by atoms with Crippen molar-refractivity contribution in [2.75, 3.05) is 12.0 Å². The van der Waals surface area contributed by atoms with Gasteiger partial charge in [-0.05, 0) is 86.8 Å². The Labute approximate surface area is 205 Å². The molecule has 1 aliphatic heterocycles. The van der Waals surface area contributed by atoms with Gasteiger partial charge in [0.1, 0.15) is 17.3 Å². The number of hydrogen-bond acceptors (Lipinski definition) is 5. The molecule has 0 aliphatic carbocycles. The SMILES string of the molecule is COc1ccc(C2/C(=C(\O)c3ccc(OC(C)C)cc3)C(=O)C(=O)N2c2cccc(C)c2C)cc1. The number of nitrogens with zero attached hydrogens (tertiary/aromatic N) is 1. The van der Waals surface area contributed by atoms with Crippen LogP contribution in [0.2, 0.25) is 0 Å². The molecule has 0 bridgehead atoms. The number of carbonyl (C=O) groups is 2. The van der Waals surface area contributed by atoms with Crippen LogP contribution in [0.15, 0.2) is 72.3 Å². The molecule has 1 fully saturated rings. The van der Waals surface area contributed by atoms with Crippen LogP contribution in [0, 0.1) is 13.8 Å². The van der Waals surface area contributed by atoms with E-state index >= 15 is 0 Å². The molecule has 1 N–H and O–H groups in total. The van der Waals surface area contributed by atoms with E-state index in [0.717, 1.165) is 11.1 Å². The van der Waals surface area contributed by atoms with Crippen molar-refractivity contribution in [3.8, 4) is 11.5 Å². The first-order chi connectivity index (χ1) is 16.7. The second-order valence-electron chi connectivity index (χ2n) is 8.85. The molecule has 1 atom stereocenters. The van der Waals surface area contributed by atoms with Crippen molar-refractivity contribution >= 4 is 23.1 Å². The van der Waals surface area contributed by atoms with Crippen LogP contribution in [-0.4, -0.2) is 30.0 Å². The Hall–Kier alpha value is -4.06. The number of ether oxygens (including phenoxy) is 2. The van der Waals surface area contributed by atoms with Crippen molar-refractivity contribution in [3.63, 3.8) is 0 Å². The Bertz CT molecular complexity index is 1290. The van der Waals surface area contributed by atoms with Crippen LogP contribution in [0.25, 0.3) is 5.76 Å². The number of aryl methyl sites for hydroxylation is 1. The Balaban J connectivity index is 1.89. The third-order valence-electron chi connectivity index (χ3n) is 6.21. The van der Waals surface area contributed by atoms with Gasteiger partial charge in [-0.2, -0.15) is 0 Å². The van der Waals surface area contributed by atoms with E-state index in [1.807, 2.05) is 45.9 Å². The number of aliphatic hydroxyl groups excluding tert-OH is 1. The molecule has 0 radical (unpaired) electrons. The van der Waals surface area contributed by atoms with Gasteiger partial charge in [0, 0.05) is 11.3 Å².